The average molecular weight is 340 g/mol. The van der Waals surface area contributed by atoms with E-state index in [1.54, 1.807) is 0 Å². The molecule has 1 N–H and O–H groups in total. The Morgan fingerprint density at radius 2 is 2.10 bits per heavy atom. The first-order valence-corrected chi connectivity index (χ1v) is 7.89. The van der Waals surface area contributed by atoms with Crippen molar-refractivity contribution in [2.45, 2.75) is 38.9 Å². The zero-order valence-electron chi connectivity index (χ0n) is 12.5. The van der Waals surface area contributed by atoms with Gasteiger partial charge in [-0.2, -0.15) is 0 Å². The highest BCUT2D eigenvalue weighted by molar-refractivity contribution is 9.09. The minimum atomic E-state index is -0.0937. The second-order valence-corrected chi connectivity index (χ2v) is 7.67. The van der Waals surface area contributed by atoms with Crippen LogP contribution in [0.5, 0.6) is 5.75 Å². The van der Waals surface area contributed by atoms with Gasteiger partial charge >= 0.3 is 0 Å². The van der Waals surface area contributed by atoms with Crippen LogP contribution >= 0.6 is 15.9 Å². The summed E-state index contributed by atoms with van der Waals surface area (Å²) in [5.74, 6) is 1.24. The zero-order valence-corrected chi connectivity index (χ0v) is 14.1. The van der Waals surface area contributed by atoms with Crippen molar-refractivity contribution in [3.8, 4) is 5.75 Å². The number of benzene rings is 1. The minimum Gasteiger partial charge on any atom is -0.482 e. The summed E-state index contributed by atoms with van der Waals surface area (Å²) in [4.78, 5) is 11.6. The Morgan fingerprint density at radius 1 is 1.40 bits per heavy atom. The molecule has 1 aliphatic heterocycles. The summed E-state index contributed by atoms with van der Waals surface area (Å²) in [7, 11) is 0. The first kappa shape index (κ1) is 15.4. The van der Waals surface area contributed by atoms with Crippen molar-refractivity contribution >= 4 is 27.5 Å². The van der Waals surface area contributed by atoms with Gasteiger partial charge in [0.1, 0.15) is 5.75 Å². The van der Waals surface area contributed by atoms with Gasteiger partial charge in [0.2, 0.25) is 0 Å². The molecule has 0 saturated carbocycles. The van der Waals surface area contributed by atoms with Crippen LogP contribution in [-0.2, 0) is 4.79 Å². The smallest absolute Gasteiger partial charge is 0.262 e. The number of amides is 1. The minimum absolute atomic E-state index is 0.0937. The van der Waals surface area contributed by atoms with Gasteiger partial charge in [0.15, 0.2) is 6.61 Å². The van der Waals surface area contributed by atoms with Crippen molar-refractivity contribution < 1.29 is 9.53 Å². The Labute approximate surface area is 129 Å². The fourth-order valence-electron chi connectivity index (χ4n) is 2.10. The molecule has 0 aliphatic carbocycles. The molecular formula is C16H22BrNO2. The van der Waals surface area contributed by atoms with Gasteiger partial charge in [-0.05, 0) is 35.4 Å². The number of hydrogen-bond acceptors (Lipinski definition) is 2. The second-order valence-electron chi connectivity index (χ2n) is 6.56. The van der Waals surface area contributed by atoms with E-state index in [2.05, 4.69) is 55.0 Å². The van der Waals surface area contributed by atoms with Crippen LogP contribution in [0.15, 0.2) is 18.2 Å². The third-order valence-electron chi connectivity index (χ3n) is 4.04. The van der Waals surface area contributed by atoms with Crippen LogP contribution in [0.4, 0.5) is 5.69 Å². The topological polar surface area (TPSA) is 38.3 Å². The van der Waals surface area contributed by atoms with Crippen molar-refractivity contribution in [1.82, 2.24) is 0 Å². The van der Waals surface area contributed by atoms with Gasteiger partial charge < -0.3 is 10.1 Å². The molecule has 1 aromatic carbocycles. The first-order chi connectivity index (χ1) is 9.27. The van der Waals surface area contributed by atoms with Crippen LogP contribution in [-0.4, -0.2) is 12.5 Å². The molecule has 2 atom stereocenters. The van der Waals surface area contributed by atoms with E-state index >= 15 is 0 Å². The number of ether oxygens (including phenoxy) is 1. The summed E-state index contributed by atoms with van der Waals surface area (Å²) in [6, 6.07) is 5.99. The Hall–Kier alpha value is -1.03. The van der Waals surface area contributed by atoms with E-state index < -0.39 is 0 Å². The summed E-state index contributed by atoms with van der Waals surface area (Å²) >= 11 is 3.77. The molecule has 110 valence electrons. The van der Waals surface area contributed by atoms with Crippen molar-refractivity contribution in [1.29, 1.82) is 0 Å². The Kier molecular flexibility index (Phi) is 4.43. The summed E-state index contributed by atoms with van der Waals surface area (Å²) < 4.78 is 5.38. The highest BCUT2D eigenvalue weighted by Gasteiger charge is 2.24. The molecule has 0 saturated heterocycles. The first-order valence-electron chi connectivity index (χ1n) is 6.98. The molecule has 0 fully saturated rings. The predicted octanol–water partition coefficient (Wildman–Crippen LogP) is 4.53. The number of fused-ring (bicyclic) bond motifs is 1. The molecular weight excluding hydrogens is 318 g/mol. The fraction of sp³-hybridized carbons (Fsp3) is 0.562. The molecule has 1 amide bonds. The van der Waals surface area contributed by atoms with Crippen molar-refractivity contribution in [3.63, 3.8) is 0 Å². The largest absolute Gasteiger partial charge is 0.482 e. The van der Waals surface area contributed by atoms with Crippen LogP contribution in [0.2, 0.25) is 0 Å². The standard InChI is InChI=1S/C16H22BrNO2/c1-10(16(2,3)4)7-12(17)11-5-6-14-13(8-11)18-15(19)9-20-14/h5-6,8,10,12H,7,9H2,1-4H3,(H,18,19). The second kappa shape index (κ2) is 5.76. The predicted molar refractivity (Wildman–Crippen MR) is 85.5 cm³/mol. The molecule has 4 heteroatoms. The number of halogens is 1. The molecule has 3 nitrogen and oxygen atoms in total. The number of hydrogen-bond donors (Lipinski definition) is 1. The van der Waals surface area contributed by atoms with E-state index in [1.807, 2.05) is 12.1 Å². The number of anilines is 1. The molecule has 1 aliphatic rings. The molecule has 0 aromatic heterocycles. The third kappa shape index (κ3) is 3.54. The van der Waals surface area contributed by atoms with Crippen LogP contribution in [0.3, 0.4) is 0 Å². The molecule has 1 heterocycles. The van der Waals surface area contributed by atoms with Crippen molar-refractivity contribution in [3.05, 3.63) is 23.8 Å². The van der Waals surface area contributed by atoms with Crippen LogP contribution in [0.1, 0.15) is 44.5 Å². The van der Waals surface area contributed by atoms with Gasteiger partial charge in [-0.3, -0.25) is 4.79 Å². The summed E-state index contributed by atoms with van der Waals surface area (Å²) in [5.41, 5.74) is 2.23. The normalized spacial score (nSPS) is 17.8. The lowest BCUT2D eigenvalue weighted by Crippen LogP contribution is -2.25. The van der Waals surface area contributed by atoms with Gasteiger partial charge in [0, 0.05) is 4.83 Å². The number of carbonyl (C=O) groups excluding carboxylic acids is 1. The molecule has 2 unspecified atom stereocenters. The molecule has 20 heavy (non-hydrogen) atoms. The SMILES string of the molecule is CC(CC(Br)c1ccc2c(c1)NC(=O)CO2)C(C)(C)C. The molecule has 0 bridgehead atoms. The molecule has 2 rings (SSSR count). The van der Waals surface area contributed by atoms with Crippen molar-refractivity contribution in [2.75, 3.05) is 11.9 Å². The van der Waals surface area contributed by atoms with Crippen LogP contribution in [0.25, 0.3) is 0 Å². The third-order valence-corrected chi connectivity index (χ3v) is 4.94. The van der Waals surface area contributed by atoms with Gasteiger partial charge in [0.05, 0.1) is 5.69 Å². The van der Waals surface area contributed by atoms with E-state index in [0.29, 0.717) is 5.92 Å². The van der Waals surface area contributed by atoms with E-state index in [4.69, 9.17) is 4.74 Å². The van der Waals surface area contributed by atoms with Crippen molar-refractivity contribution in [2.24, 2.45) is 11.3 Å². The number of nitrogens with one attached hydrogen (secondary N) is 1. The molecule has 0 radical (unpaired) electrons. The maximum Gasteiger partial charge on any atom is 0.262 e. The Bertz CT molecular complexity index is 508. The van der Waals surface area contributed by atoms with Gasteiger partial charge in [-0.25, -0.2) is 0 Å². The summed E-state index contributed by atoms with van der Waals surface area (Å²) in [6.07, 6.45) is 1.05. The van der Waals surface area contributed by atoms with Gasteiger partial charge in [-0.15, -0.1) is 0 Å². The molecule has 1 aromatic rings. The highest BCUT2D eigenvalue weighted by Crippen LogP contribution is 2.39. The summed E-state index contributed by atoms with van der Waals surface area (Å²) in [5, 5.41) is 2.85. The van der Waals surface area contributed by atoms with Gasteiger partial charge in [-0.1, -0.05) is 49.7 Å². The lowest BCUT2D eigenvalue weighted by molar-refractivity contribution is -0.118. The monoisotopic (exact) mass is 339 g/mol. The average Bonchev–Trinajstić information content (AvgIpc) is 2.36. The summed E-state index contributed by atoms with van der Waals surface area (Å²) in [6.45, 7) is 9.16. The van der Waals surface area contributed by atoms with E-state index in [1.165, 1.54) is 5.56 Å². The maximum atomic E-state index is 11.4. The fourth-order valence-corrected chi connectivity index (χ4v) is 2.94. The lowest BCUT2D eigenvalue weighted by Gasteiger charge is -2.29. The van der Waals surface area contributed by atoms with Crippen LogP contribution in [0, 0.1) is 11.3 Å². The number of alkyl halides is 1. The van der Waals surface area contributed by atoms with Gasteiger partial charge in [0.25, 0.3) is 5.91 Å². The van der Waals surface area contributed by atoms with E-state index in [0.717, 1.165) is 17.9 Å². The quantitative estimate of drug-likeness (QED) is 0.821. The van der Waals surface area contributed by atoms with E-state index in [-0.39, 0.29) is 22.8 Å². The highest BCUT2D eigenvalue weighted by atomic mass is 79.9. The number of carbonyl (C=O) groups is 1. The maximum absolute atomic E-state index is 11.4. The Morgan fingerprint density at radius 3 is 2.75 bits per heavy atom. The van der Waals surface area contributed by atoms with Crippen LogP contribution < -0.4 is 10.1 Å². The van der Waals surface area contributed by atoms with E-state index in [9.17, 15) is 4.79 Å². The number of rotatable bonds is 3. The Balaban J connectivity index is 2.13. The zero-order chi connectivity index (χ0) is 14.9. The molecule has 0 spiro atoms. The lowest BCUT2D eigenvalue weighted by atomic mass is 9.79.